The van der Waals surface area contributed by atoms with Crippen LogP contribution in [0.5, 0.6) is 0 Å². The number of Topliss-reactive ketones (excluding diaryl/α,β-unsaturated/α-hetero) is 1. The van der Waals surface area contributed by atoms with Crippen molar-refractivity contribution in [3.8, 4) is 0 Å². The predicted octanol–water partition coefficient (Wildman–Crippen LogP) is 1.76. The van der Waals surface area contributed by atoms with Gasteiger partial charge in [0.1, 0.15) is 0 Å². The van der Waals surface area contributed by atoms with E-state index in [-0.39, 0.29) is 24.9 Å². The van der Waals surface area contributed by atoms with Crippen molar-refractivity contribution in [1.29, 1.82) is 0 Å². The third kappa shape index (κ3) is 4.98. The Bertz CT molecular complexity index is 1000. The standard InChI is InChI=1S/C20H26ClN5O3S/c1-15-13-25(9-8-24(15)2)30(28,29)26(19-5-3-4-17(21)10-19)14-18-7-6-16(12-23-18)20(27)11-22/h3-7,10,12,15H,8-9,11,13-14,22H2,1-2H3/t15-/m0/s1. The summed E-state index contributed by atoms with van der Waals surface area (Å²) in [7, 11) is -1.84. The van der Waals surface area contributed by atoms with E-state index in [0.717, 1.165) is 0 Å². The van der Waals surface area contributed by atoms with Gasteiger partial charge in [-0.2, -0.15) is 12.7 Å². The second-order valence-corrected chi connectivity index (χ2v) is 9.64. The number of carbonyl (C=O) groups excluding carboxylic acids is 1. The lowest BCUT2D eigenvalue weighted by Gasteiger charge is -2.39. The number of carbonyl (C=O) groups is 1. The molecule has 2 N–H and O–H groups in total. The van der Waals surface area contributed by atoms with E-state index in [2.05, 4.69) is 9.88 Å². The minimum atomic E-state index is -3.83. The molecule has 3 rings (SSSR count). The summed E-state index contributed by atoms with van der Waals surface area (Å²) < 4.78 is 29.9. The van der Waals surface area contributed by atoms with E-state index in [1.54, 1.807) is 36.4 Å². The van der Waals surface area contributed by atoms with Gasteiger partial charge in [-0.1, -0.05) is 17.7 Å². The van der Waals surface area contributed by atoms with Gasteiger partial charge < -0.3 is 10.6 Å². The molecule has 1 aliphatic rings. The van der Waals surface area contributed by atoms with Crippen LogP contribution in [0.4, 0.5) is 5.69 Å². The monoisotopic (exact) mass is 451 g/mol. The third-order valence-electron chi connectivity index (χ3n) is 5.26. The van der Waals surface area contributed by atoms with E-state index in [0.29, 0.717) is 41.6 Å². The largest absolute Gasteiger partial charge is 0.324 e. The SMILES string of the molecule is C[C@H]1CN(S(=O)(=O)N(Cc2ccc(C(=O)CN)cn2)c2cccc(Cl)c2)CCN1C. The fourth-order valence-corrected chi connectivity index (χ4v) is 5.10. The first-order chi connectivity index (χ1) is 14.2. The van der Waals surface area contributed by atoms with Crippen LogP contribution in [0.3, 0.4) is 0 Å². The van der Waals surface area contributed by atoms with Crippen molar-refractivity contribution in [2.45, 2.75) is 19.5 Å². The number of ketones is 1. The highest BCUT2D eigenvalue weighted by molar-refractivity contribution is 7.90. The lowest BCUT2D eigenvalue weighted by Crippen LogP contribution is -2.55. The molecule has 1 aliphatic heterocycles. The Hall–Kier alpha value is -2.04. The lowest BCUT2D eigenvalue weighted by molar-refractivity contribution is 0.100. The summed E-state index contributed by atoms with van der Waals surface area (Å²) in [5.41, 5.74) is 6.75. The number of rotatable bonds is 7. The maximum atomic E-state index is 13.6. The van der Waals surface area contributed by atoms with Crippen LogP contribution in [0.1, 0.15) is 23.0 Å². The number of halogens is 1. The topological polar surface area (TPSA) is 99.8 Å². The Morgan fingerprint density at radius 2 is 2.07 bits per heavy atom. The van der Waals surface area contributed by atoms with E-state index in [1.165, 1.54) is 14.8 Å². The maximum Gasteiger partial charge on any atom is 0.304 e. The second kappa shape index (κ2) is 9.40. The Kier molecular flexibility index (Phi) is 7.10. The van der Waals surface area contributed by atoms with Crippen molar-refractivity contribution in [1.82, 2.24) is 14.2 Å². The van der Waals surface area contributed by atoms with Gasteiger partial charge >= 0.3 is 10.2 Å². The average Bonchev–Trinajstić information content (AvgIpc) is 2.73. The number of anilines is 1. The fraction of sp³-hybridized carbons (Fsp3) is 0.400. The summed E-state index contributed by atoms with van der Waals surface area (Å²) >= 11 is 6.13. The summed E-state index contributed by atoms with van der Waals surface area (Å²) in [6.45, 7) is 3.36. The highest BCUT2D eigenvalue weighted by Crippen LogP contribution is 2.27. The fourth-order valence-electron chi connectivity index (χ4n) is 3.25. The molecule has 0 unspecified atom stereocenters. The second-order valence-electron chi connectivity index (χ2n) is 7.35. The van der Waals surface area contributed by atoms with Crippen LogP contribution >= 0.6 is 11.6 Å². The van der Waals surface area contributed by atoms with Gasteiger partial charge in [0, 0.05) is 42.5 Å². The molecule has 0 amide bonds. The van der Waals surface area contributed by atoms with Gasteiger partial charge in [0.05, 0.1) is 24.5 Å². The van der Waals surface area contributed by atoms with Crippen molar-refractivity contribution >= 4 is 33.3 Å². The summed E-state index contributed by atoms with van der Waals surface area (Å²) in [4.78, 5) is 18.1. The van der Waals surface area contributed by atoms with Crippen LogP contribution in [0, 0.1) is 0 Å². The first kappa shape index (κ1) is 22.6. The molecule has 2 aromatic rings. The zero-order valence-electron chi connectivity index (χ0n) is 17.0. The Morgan fingerprint density at radius 1 is 1.30 bits per heavy atom. The minimum absolute atomic E-state index is 0.0144. The number of hydrogen-bond acceptors (Lipinski definition) is 6. The number of aromatic nitrogens is 1. The minimum Gasteiger partial charge on any atom is -0.324 e. The molecule has 30 heavy (non-hydrogen) atoms. The van der Waals surface area contributed by atoms with Crippen LogP contribution in [-0.2, 0) is 16.8 Å². The van der Waals surface area contributed by atoms with Crippen molar-refractivity contribution in [2.24, 2.45) is 5.73 Å². The van der Waals surface area contributed by atoms with Gasteiger partial charge in [0.15, 0.2) is 5.78 Å². The molecule has 1 aromatic carbocycles. The summed E-state index contributed by atoms with van der Waals surface area (Å²) in [6.07, 6.45) is 1.42. The zero-order valence-corrected chi connectivity index (χ0v) is 18.6. The van der Waals surface area contributed by atoms with Crippen LogP contribution < -0.4 is 10.0 Å². The number of nitrogens with zero attached hydrogens (tertiary/aromatic N) is 4. The average molecular weight is 452 g/mol. The predicted molar refractivity (Wildman–Crippen MR) is 118 cm³/mol. The normalized spacial score (nSPS) is 18.3. The van der Waals surface area contributed by atoms with Gasteiger partial charge in [-0.05, 0) is 44.3 Å². The smallest absolute Gasteiger partial charge is 0.304 e. The summed E-state index contributed by atoms with van der Waals surface area (Å²) in [5.74, 6) is -0.222. The molecule has 0 radical (unpaired) electrons. The molecule has 0 spiro atoms. The number of nitrogens with two attached hydrogens (primary N) is 1. The van der Waals surface area contributed by atoms with E-state index in [1.807, 2.05) is 14.0 Å². The van der Waals surface area contributed by atoms with Crippen molar-refractivity contribution < 1.29 is 13.2 Å². The molecule has 1 saturated heterocycles. The first-order valence-electron chi connectivity index (χ1n) is 9.64. The highest BCUT2D eigenvalue weighted by Gasteiger charge is 2.34. The third-order valence-corrected chi connectivity index (χ3v) is 7.38. The molecule has 0 bridgehead atoms. The molecule has 1 atom stereocenters. The van der Waals surface area contributed by atoms with E-state index >= 15 is 0 Å². The number of hydrogen-bond donors (Lipinski definition) is 1. The molecule has 8 nitrogen and oxygen atoms in total. The van der Waals surface area contributed by atoms with E-state index < -0.39 is 10.2 Å². The van der Waals surface area contributed by atoms with Gasteiger partial charge in [-0.25, -0.2) is 0 Å². The van der Waals surface area contributed by atoms with Crippen LogP contribution in [0.15, 0.2) is 42.6 Å². The Balaban J connectivity index is 1.94. The molecule has 162 valence electrons. The number of piperazine rings is 1. The van der Waals surface area contributed by atoms with E-state index in [9.17, 15) is 13.2 Å². The number of likely N-dealkylation sites (N-methyl/N-ethyl adjacent to an activating group) is 1. The molecule has 1 fully saturated rings. The van der Waals surface area contributed by atoms with Crippen LogP contribution in [0.2, 0.25) is 5.02 Å². The molecule has 10 heteroatoms. The van der Waals surface area contributed by atoms with Gasteiger partial charge in [0.25, 0.3) is 0 Å². The molecule has 0 saturated carbocycles. The first-order valence-corrected chi connectivity index (χ1v) is 11.4. The van der Waals surface area contributed by atoms with Crippen molar-refractivity contribution in [3.63, 3.8) is 0 Å². The Morgan fingerprint density at radius 3 is 2.67 bits per heavy atom. The quantitative estimate of drug-likeness (QED) is 0.644. The van der Waals surface area contributed by atoms with Crippen LogP contribution in [-0.4, -0.2) is 67.7 Å². The Labute approximate surface area is 182 Å². The summed E-state index contributed by atoms with van der Waals surface area (Å²) in [5, 5.41) is 0.441. The molecule has 1 aromatic heterocycles. The van der Waals surface area contributed by atoms with E-state index in [4.69, 9.17) is 17.3 Å². The maximum absolute atomic E-state index is 13.6. The molecular formula is C20H26ClN5O3S. The van der Waals surface area contributed by atoms with Gasteiger partial charge in [0.2, 0.25) is 0 Å². The van der Waals surface area contributed by atoms with Crippen LogP contribution in [0.25, 0.3) is 0 Å². The molecular weight excluding hydrogens is 426 g/mol. The summed E-state index contributed by atoms with van der Waals surface area (Å²) in [6, 6.07) is 10.1. The lowest BCUT2D eigenvalue weighted by atomic mass is 10.2. The number of benzene rings is 1. The highest BCUT2D eigenvalue weighted by atomic mass is 35.5. The molecule has 2 heterocycles. The number of pyridine rings is 1. The van der Waals surface area contributed by atoms with Gasteiger partial charge in [-0.15, -0.1) is 0 Å². The molecule has 0 aliphatic carbocycles. The van der Waals surface area contributed by atoms with Crippen molar-refractivity contribution in [2.75, 3.05) is 37.5 Å². The zero-order chi connectivity index (χ0) is 21.9. The van der Waals surface area contributed by atoms with Gasteiger partial charge in [-0.3, -0.25) is 14.1 Å². The van der Waals surface area contributed by atoms with Crippen molar-refractivity contribution in [3.05, 3.63) is 58.9 Å².